The van der Waals surface area contributed by atoms with Crippen molar-refractivity contribution in [3.8, 4) is 11.5 Å². The summed E-state index contributed by atoms with van der Waals surface area (Å²) in [5.41, 5.74) is 6.53. The second-order valence-corrected chi connectivity index (χ2v) is 3.85. The number of hydrogen-bond donors (Lipinski definition) is 2. The van der Waals surface area contributed by atoms with E-state index in [9.17, 15) is 8.78 Å². The van der Waals surface area contributed by atoms with E-state index in [0.29, 0.717) is 18.4 Å². The minimum absolute atomic E-state index is 0.00746. The highest BCUT2D eigenvalue weighted by molar-refractivity contribution is 5.45. The van der Waals surface area contributed by atoms with Crippen LogP contribution in [0.3, 0.4) is 0 Å². The van der Waals surface area contributed by atoms with E-state index in [-0.39, 0.29) is 24.1 Å². The molecule has 2 rings (SSSR count). The molecule has 3 N–H and O–H groups in total. The number of ether oxygens (including phenoxy) is 2. The zero-order chi connectivity index (χ0) is 12.5. The van der Waals surface area contributed by atoms with Crippen LogP contribution in [0.1, 0.15) is 24.4 Å². The molecule has 0 radical (unpaired) electrons. The van der Waals surface area contributed by atoms with Crippen molar-refractivity contribution in [1.82, 2.24) is 0 Å². The van der Waals surface area contributed by atoms with Crippen molar-refractivity contribution in [3.63, 3.8) is 0 Å². The van der Waals surface area contributed by atoms with E-state index in [1.807, 2.05) is 0 Å². The lowest BCUT2D eigenvalue weighted by atomic mass is 10.0. The molecule has 0 saturated heterocycles. The molecule has 0 unspecified atom stereocenters. The van der Waals surface area contributed by atoms with Gasteiger partial charge in [-0.3, -0.25) is 0 Å². The Labute approximate surface area is 96.9 Å². The van der Waals surface area contributed by atoms with Crippen LogP contribution in [-0.2, 0) is 0 Å². The number of fused-ring (bicyclic) bond motifs is 1. The molecule has 0 amide bonds. The van der Waals surface area contributed by atoms with Crippen LogP contribution in [-0.4, -0.2) is 18.0 Å². The van der Waals surface area contributed by atoms with Crippen LogP contribution in [0.25, 0.3) is 0 Å². The van der Waals surface area contributed by atoms with Gasteiger partial charge in [0.25, 0.3) is 0 Å². The van der Waals surface area contributed by atoms with Gasteiger partial charge in [0.1, 0.15) is 0 Å². The third-order valence-electron chi connectivity index (χ3n) is 2.53. The lowest BCUT2D eigenvalue weighted by molar-refractivity contribution is -0.286. The number of aliphatic hydroxyl groups excluding tert-OH is 1. The second-order valence-electron chi connectivity index (χ2n) is 3.85. The average molecular weight is 245 g/mol. The molecule has 0 bridgehead atoms. The first-order valence-corrected chi connectivity index (χ1v) is 5.28. The van der Waals surface area contributed by atoms with Crippen LogP contribution in [0.5, 0.6) is 11.5 Å². The molecule has 6 heteroatoms. The summed E-state index contributed by atoms with van der Waals surface area (Å²) < 4.78 is 34.1. The first-order valence-electron chi connectivity index (χ1n) is 5.28. The number of hydrogen-bond acceptors (Lipinski definition) is 4. The molecule has 94 valence electrons. The monoisotopic (exact) mass is 245 g/mol. The number of rotatable bonds is 4. The Balaban J connectivity index is 2.13. The van der Waals surface area contributed by atoms with E-state index in [1.165, 1.54) is 12.1 Å². The first kappa shape index (κ1) is 12.1. The molecule has 1 aliphatic rings. The van der Waals surface area contributed by atoms with Gasteiger partial charge in [-0.25, -0.2) is 0 Å². The molecular weight excluding hydrogens is 232 g/mol. The van der Waals surface area contributed by atoms with Gasteiger partial charge in [-0.05, 0) is 30.5 Å². The summed E-state index contributed by atoms with van der Waals surface area (Å²) in [5, 5.41) is 8.69. The molecule has 0 fully saturated rings. The van der Waals surface area contributed by atoms with E-state index in [1.54, 1.807) is 6.07 Å². The molecule has 0 aliphatic carbocycles. The fraction of sp³-hybridized carbons (Fsp3) is 0.455. The molecule has 17 heavy (non-hydrogen) atoms. The predicted molar refractivity (Wildman–Crippen MR) is 55.9 cm³/mol. The summed E-state index contributed by atoms with van der Waals surface area (Å²) in [5.74, 6) is 0.0000525. The summed E-state index contributed by atoms with van der Waals surface area (Å²) in [6, 6.07) is 4.15. The van der Waals surface area contributed by atoms with Crippen molar-refractivity contribution in [2.24, 2.45) is 5.73 Å². The van der Waals surface area contributed by atoms with Crippen LogP contribution >= 0.6 is 0 Å². The van der Waals surface area contributed by atoms with Gasteiger partial charge < -0.3 is 20.3 Å². The van der Waals surface area contributed by atoms with Crippen molar-refractivity contribution < 1.29 is 23.4 Å². The number of nitrogens with two attached hydrogens (primary N) is 1. The molecule has 1 atom stereocenters. The Bertz CT molecular complexity index is 412. The maximum atomic E-state index is 12.8. The highest BCUT2D eigenvalue weighted by atomic mass is 19.3. The Hall–Kier alpha value is -1.40. The Morgan fingerprint density at radius 1 is 1.29 bits per heavy atom. The normalized spacial score (nSPS) is 18.1. The summed E-state index contributed by atoms with van der Waals surface area (Å²) >= 11 is 0. The maximum absolute atomic E-state index is 12.8. The van der Waals surface area contributed by atoms with Gasteiger partial charge in [0.2, 0.25) is 0 Å². The van der Waals surface area contributed by atoms with Crippen molar-refractivity contribution in [2.75, 3.05) is 6.61 Å². The summed E-state index contributed by atoms with van der Waals surface area (Å²) in [6.45, 7) is 0.0519. The van der Waals surface area contributed by atoms with Gasteiger partial charge in [0, 0.05) is 12.6 Å². The summed E-state index contributed by atoms with van der Waals surface area (Å²) in [6.07, 6.45) is -2.46. The Morgan fingerprint density at radius 3 is 2.71 bits per heavy atom. The van der Waals surface area contributed by atoms with Gasteiger partial charge in [-0.1, -0.05) is 6.07 Å². The van der Waals surface area contributed by atoms with Crippen molar-refractivity contribution >= 4 is 0 Å². The Kier molecular flexibility index (Phi) is 3.17. The Morgan fingerprint density at radius 2 is 2.00 bits per heavy atom. The minimum Gasteiger partial charge on any atom is -0.396 e. The largest absolute Gasteiger partial charge is 0.586 e. The lowest BCUT2D eigenvalue weighted by Crippen LogP contribution is -2.25. The molecule has 0 spiro atoms. The quantitative estimate of drug-likeness (QED) is 0.848. The van der Waals surface area contributed by atoms with E-state index >= 15 is 0 Å². The van der Waals surface area contributed by atoms with Crippen molar-refractivity contribution in [1.29, 1.82) is 0 Å². The zero-order valence-electron chi connectivity index (χ0n) is 9.03. The third kappa shape index (κ3) is 2.65. The summed E-state index contributed by atoms with van der Waals surface area (Å²) in [7, 11) is 0. The van der Waals surface area contributed by atoms with Gasteiger partial charge >= 0.3 is 6.29 Å². The molecule has 4 nitrogen and oxygen atoms in total. The predicted octanol–water partition coefficient (Wildman–Crippen LogP) is 1.78. The van der Waals surface area contributed by atoms with Crippen LogP contribution < -0.4 is 15.2 Å². The van der Waals surface area contributed by atoms with Gasteiger partial charge in [0.05, 0.1) is 0 Å². The number of halogens is 2. The fourth-order valence-electron chi connectivity index (χ4n) is 1.67. The number of benzene rings is 1. The van der Waals surface area contributed by atoms with Gasteiger partial charge in [0.15, 0.2) is 11.5 Å². The zero-order valence-corrected chi connectivity index (χ0v) is 9.03. The van der Waals surface area contributed by atoms with E-state index in [2.05, 4.69) is 9.47 Å². The topological polar surface area (TPSA) is 64.7 Å². The van der Waals surface area contributed by atoms with E-state index in [0.717, 1.165) is 0 Å². The second kappa shape index (κ2) is 4.46. The van der Waals surface area contributed by atoms with Crippen molar-refractivity contribution in [3.05, 3.63) is 23.8 Å². The molecule has 1 aromatic rings. The molecular formula is C11H13F2NO3. The molecule has 0 aromatic heterocycles. The van der Waals surface area contributed by atoms with Crippen LogP contribution in [0.2, 0.25) is 0 Å². The van der Waals surface area contributed by atoms with E-state index < -0.39 is 6.29 Å². The van der Waals surface area contributed by atoms with Crippen LogP contribution in [0, 0.1) is 0 Å². The summed E-state index contributed by atoms with van der Waals surface area (Å²) in [4.78, 5) is 0. The third-order valence-corrected chi connectivity index (χ3v) is 2.53. The first-order chi connectivity index (χ1) is 8.02. The fourth-order valence-corrected chi connectivity index (χ4v) is 1.67. The van der Waals surface area contributed by atoms with Gasteiger partial charge in [-0.15, -0.1) is 8.78 Å². The maximum Gasteiger partial charge on any atom is 0.586 e. The average Bonchev–Trinajstić information content (AvgIpc) is 2.58. The van der Waals surface area contributed by atoms with Crippen LogP contribution in [0.15, 0.2) is 18.2 Å². The molecule has 0 saturated carbocycles. The molecule has 1 heterocycles. The molecule has 1 aromatic carbocycles. The SMILES string of the molecule is N[C@H](CCCO)c1ccc2c(c1)OC(F)(F)O2. The van der Waals surface area contributed by atoms with E-state index in [4.69, 9.17) is 10.8 Å². The lowest BCUT2D eigenvalue weighted by Gasteiger charge is -2.11. The highest BCUT2D eigenvalue weighted by Gasteiger charge is 2.43. The highest BCUT2D eigenvalue weighted by Crippen LogP contribution is 2.42. The van der Waals surface area contributed by atoms with Crippen molar-refractivity contribution in [2.45, 2.75) is 25.2 Å². The minimum atomic E-state index is -3.60. The molecule has 1 aliphatic heterocycles. The smallest absolute Gasteiger partial charge is 0.396 e. The standard InChI is InChI=1S/C11H13F2NO3/c12-11(13)16-9-4-3-7(6-10(9)17-11)8(14)2-1-5-15/h3-4,6,8,15H,1-2,5,14H2/t8-/m1/s1. The van der Waals surface area contributed by atoms with Crippen LogP contribution in [0.4, 0.5) is 8.78 Å². The number of alkyl halides is 2. The van der Waals surface area contributed by atoms with Gasteiger partial charge in [-0.2, -0.15) is 0 Å². The number of aliphatic hydroxyl groups is 1.